The van der Waals surface area contributed by atoms with Crippen LogP contribution in [0.5, 0.6) is 0 Å². The van der Waals surface area contributed by atoms with Crippen molar-refractivity contribution in [3.63, 3.8) is 0 Å². The highest BCUT2D eigenvalue weighted by Crippen LogP contribution is 2.07. The Hall–Kier alpha value is -1.06. The van der Waals surface area contributed by atoms with E-state index >= 15 is 0 Å². The molecule has 66 valence electrons. The number of hydrogen-bond acceptors (Lipinski definition) is 3. The lowest BCUT2D eigenvalue weighted by atomic mass is 10.2. The van der Waals surface area contributed by atoms with Gasteiger partial charge >= 0.3 is 0 Å². The van der Waals surface area contributed by atoms with Crippen LogP contribution in [0.2, 0.25) is 0 Å². The van der Waals surface area contributed by atoms with Gasteiger partial charge in [-0.3, -0.25) is 0 Å². The fourth-order valence-electron chi connectivity index (χ4n) is 0.959. The Balaban J connectivity index is 2.53. The fraction of sp³-hybridized carbons (Fsp3) is 0.333. The van der Waals surface area contributed by atoms with Crippen LogP contribution in [0.15, 0.2) is 24.3 Å². The van der Waals surface area contributed by atoms with Gasteiger partial charge in [0, 0.05) is 18.8 Å². The normalized spacial score (nSPS) is 9.83. The molecule has 0 unspecified atom stereocenters. The number of hydrogen-bond donors (Lipinski definition) is 3. The zero-order valence-electron chi connectivity index (χ0n) is 6.96. The van der Waals surface area contributed by atoms with Crippen molar-refractivity contribution in [1.82, 2.24) is 0 Å². The van der Waals surface area contributed by atoms with E-state index in [1.807, 2.05) is 24.3 Å². The number of aliphatic hydroxyl groups is 1. The monoisotopic (exact) mass is 166 g/mol. The van der Waals surface area contributed by atoms with Crippen molar-refractivity contribution in [2.45, 2.75) is 6.54 Å². The summed E-state index contributed by atoms with van der Waals surface area (Å²) in [7, 11) is 0. The van der Waals surface area contributed by atoms with Crippen LogP contribution in [-0.4, -0.2) is 18.3 Å². The summed E-state index contributed by atoms with van der Waals surface area (Å²) in [5.41, 5.74) is 7.57. The van der Waals surface area contributed by atoms with Crippen molar-refractivity contribution in [1.29, 1.82) is 0 Å². The van der Waals surface area contributed by atoms with E-state index in [9.17, 15) is 0 Å². The third kappa shape index (κ3) is 2.53. The standard InChI is InChI=1S/C9H14N2O/c10-7-8-1-3-9(4-2-8)11-5-6-12/h1-4,11-12H,5-7,10H2. The summed E-state index contributed by atoms with van der Waals surface area (Å²) in [6.45, 7) is 1.31. The Morgan fingerprint density at radius 2 is 1.92 bits per heavy atom. The second kappa shape index (κ2) is 4.74. The third-order valence-corrected chi connectivity index (χ3v) is 1.63. The maximum Gasteiger partial charge on any atom is 0.0604 e. The molecule has 3 heteroatoms. The van der Waals surface area contributed by atoms with Gasteiger partial charge in [-0.25, -0.2) is 0 Å². The maximum atomic E-state index is 8.55. The summed E-state index contributed by atoms with van der Waals surface area (Å²) < 4.78 is 0. The first-order valence-electron chi connectivity index (χ1n) is 4.00. The van der Waals surface area contributed by atoms with Gasteiger partial charge in [0.25, 0.3) is 0 Å². The zero-order valence-corrected chi connectivity index (χ0v) is 6.96. The van der Waals surface area contributed by atoms with Crippen LogP contribution in [0.1, 0.15) is 5.56 Å². The van der Waals surface area contributed by atoms with E-state index in [-0.39, 0.29) is 6.61 Å². The van der Waals surface area contributed by atoms with Gasteiger partial charge in [-0.05, 0) is 17.7 Å². The number of benzene rings is 1. The van der Waals surface area contributed by atoms with Crippen molar-refractivity contribution in [3.8, 4) is 0 Å². The summed E-state index contributed by atoms with van der Waals surface area (Å²) in [5.74, 6) is 0. The van der Waals surface area contributed by atoms with Crippen LogP contribution < -0.4 is 11.1 Å². The van der Waals surface area contributed by atoms with Gasteiger partial charge in [-0.1, -0.05) is 12.1 Å². The highest BCUT2D eigenvalue weighted by molar-refractivity contribution is 5.44. The molecule has 0 spiro atoms. The summed E-state index contributed by atoms with van der Waals surface area (Å²) in [6, 6.07) is 7.86. The zero-order chi connectivity index (χ0) is 8.81. The van der Waals surface area contributed by atoms with Crippen LogP contribution in [0.3, 0.4) is 0 Å². The van der Waals surface area contributed by atoms with Crippen molar-refractivity contribution in [3.05, 3.63) is 29.8 Å². The lowest BCUT2D eigenvalue weighted by molar-refractivity contribution is 0.311. The number of aliphatic hydroxyl groups excluding tert-OH is 1. The first-order chi connectivity index (χ1) is 5.86. The minimum absolute atomic E-state index is 0.151. The molecule has 0 aliphatic heterocycles. The third-order valence-electron chi connectivity index (χ3n) is 1.63. The first-order valence-corrected chi connectivity index (χ1v) is 4.00. The van der Waals surface area contributed by atoms with Crippen molar-refractivity contribution in [2.75, 3.05) is 18.5 Å². The Kier molecular flexibility index (Phi) is 3.57. The molecule has 0 radical (unpaired) electrons. The maximum absolute atomic E-state index is 8.55. The molecule has 3 nitrogen and oxygen atoms in total. The van der Waals surface area contributed by atoms with Crippen molar-refractivity contribution < 1.29 is 5.11 Å². The number of nitrogens with two attached hydrogens (primary N) is 1. The lowest BCUT2D eigenvalue weighted by Gasteiger charge is -2.04. The average Bonchev–Trinajstić information content (AvgIpc) is 2.15. The Bertz CT molecular complexity index is 220. The van der Waals surface area contributed by atoms with E-state index < -0.39 is 0 Å². The fourth-order valence-corrected chi connectivity index (χ4v) is 0.959. The molecule has 0 heterocycles. The Labute approximate surface area is 72.2 Å². The number of rotatable bonds is 4. The molecule has 0 bridgehead atoms. The molecule has 4 N–H and O–H groups in total. The Morgan fingerprint density at radius 3 is 2.42 bits per heavy atom. The molecule has 0 saturated heterocycles. The predicted molar refractivity (Wildman–Crippen MR) is 49.9 cm³/mol. The van der Waals surface area contributed by atoms with Gasteiger partial charge in [0.1, 0.15) is 0 Å². The van der Waals surface area contributed by atoms with Gasteiger partial charge in [-0.2, -0.15) is 0 Å². The van der Waals surface area contributed by atoms with E-state index in [2.05, 4.69) is 5.32 Å². The first kappa shape index (κ1) is 9.03. The molecule has 0 fully saturated rings. The lowest BCUT2D eigenvalue weighted by Crippen LogP contribution is -2.05. The van der Waals surface area contributed by atoms with Crippen molar-refractivity contribution in [2.24, 2.45) is 5.73 Å². The second-order valence-electron chi connectivity index (χ2n) is 2.55. The molecule has 1 aromatic rings. The minimum Gasteiger partial charge on any atom is -0.395 e. The second-order valence-corrected chi connectivity index (χ2v) is 2.55. The summed E-state index contributed by atoms with van der Waals surface area (Å²) in [4.78, 5) is 0. The largest absolute Gasteiger partial charge is 0.395 e. The quantitative estimate of drug-likeness (QED) is 0.612. The molecule has 0 saturated carbocycles. The van der Waals surface area contributed by atoms with Gasteiger partial charge in [0.05, 0.1) is 6.61 Å². The topological polar surface area (TPSA) is 58.3 Å². The molecule has 0 aliphatic carbocycles. The Morgan fingerprint density at radius 1 is 1.25 bits per heavy atom. The van der Waals surface area contributed by atoms with Crippen molar-refractivity contribution >= 4 is 5.69 Å². The highest BCUT2D eigenvalue weighted by Gasteiger charge is 1.90. The van der Waals surface area contributed by atoms with E-state index in [0.717, 1.165) is 11.3 Å². The molecule has 1 aromatic carbocycles. The predicted octanol–water partition coefficient (Wildman–Crippen LogP) is 0.549. The van der Waals surface area contributed by atoms with Gasteiger partial charge in [-0.15, -0.1) is 0 Å². The van der Waals surface area contributed by atoms with Crippen LogP contribution in [-0.2, 0) is 6.54 Å². The number of nitrogens with one attached hydrogen (secondary N) is 1. The summed E-state index contributed by atoms with van der Waals surface area (Å²) in [6.07, 6.45) is 0. The molecule has 0 atom stereocenters. The van der Waals surface area contributed by atoms with Gasteiger partial charge < -0.3 is 16.2 Å². The van der Waals surface area contributed by atoms with Crippen LogP contribution in [0, 0.1) is 0 Å². The smallest absolute Gasteiger partial charge is 0.0604 e. The van der Waals surface area contributed by atoms with E-state index in [1.165, 1.54) is 0 Å². The van der Waals surface area contributed by atoms with E-state index in [1.54, 1.807) is 0 Å². The van der Waals surface area contributed by atoms with Gasteiger partial charge in [0.2, 0.25) is 0 Å². The van der Waals surface area contributed by atoms with Gasteiger partial charge in [0.15, 0.2) is 0 Å². The number of anilines is 1. The highest BCUT2D eigenvalue weighted by atomic mass is 16.3. The minimum atomic E-state index is 0.151. The molecular weight excluding hydrogens is 152 g/mol. The van der Waals surface area contributed by atoms with E-state index in [0.29, 0.717) is 13.1 Å². The molecule has 0 aliphatic rings. The molecule has 0 aromatic heterocycles. The van der Waals surface area contributed by atoms with E-state index in [4.69, 9.17) is 10.8 Å². The molecule has 12 heavy (non-hydrogen) atoms. The summed E-state index contributed by atoms with van der Waals surface area (Å²) in [5, 5.41) is 11.6. The van der Waals surface area contributed by atoms with Crippen LogP contribution in [0.4, 0.5) is 5.69 Å². The van der Waals surface area contributed by atoms with Crippen LogP contribution >= 0.6 is 0 Å². The molecule has 1 rings (SSSR count). The van der Waals surface area contributed by atoms with Crippen LogP contribution in [0.25, 0.3) is 0 Å². The molecular formula is C9H14N2O. The SMILES string of the molecule is NCc1ccc(NCCO)cc1. The summed E-state index contributed by atoms with van der Waals surface area (Å²) >= 11 is 0. The molecule has 0 amide bonds. The average molecular weight is 166 g/mol.